The first-order chi connectivity index (χ1) is 10.3. The van der Waals surface area contributed by atoms with E-state index < -0.39 is 0 Å². The van der Waals surface area contributed by atoms with Crippen molar-refractivity contribution >= 4 is 22.2 Å². The van der Waals surface area contributed by atoms with Gasteiger partial charge in [-0.25, -0.2) is 4.98 Å². The molecule has 4 heteroatoms. The molecule has 0 unspecified atom stereocenters. The normalized spacial score (nSPS) is 10.3. The molecular formula is C17H18BrNO2. The first-order valence-electron chi connectivity index (χ1n) is 7.08. The highest BCUT2D eigenvalue weighted by atomic mass is 79.9. The average Bonchev–Trinajstić information content (AvgIpc) is 2.53. The van der Waals surface area contributed by atoms with Gasteiger partial charge in [0.1, 0.15) is 10.3 Å². The van der Waals surface area contributed by atoms with Gasteiger partial charge in [-0.15, -0.1) is 0 Å². The zero-order valence-corrected chi connectivity index (χ0v) is 13.4. The van der Waals surface area contributed by atoms with Crippen LogP contribution in [-0.2, 0) is 6.42 Å². The summed E-state index contributed by atoms with van der Waals surface area (Å²) < 4.78 is 6.24. The van der Waals surface area contributed by atoms with Gasteiger partial charge in [-0.3, -0.25) is 4.79 Å². The number of unbranched alkanes of at least 4 members (excludes halogenated alkanes) is 2. The van der Waals surface area contributed by atoms with Crippen LogP contribution in [0.5, 0.6) is 5.75 Å². The van der Waals surface area contributed by atoms with E-state index in [1.807, 2.05) is 6.07 Å². The molecule has 1 aromatic carbocycles. The Labute approximate surface area is 133 Å². The molecule has 3 nitrogen and oxygen atoms in total. The van der Waals surface area contributed by atoms with E-state index in [2.05, 4.69) is 45.2 Å². The zero-order chi connectivity index (χ0) is 14.9. The number of hydrogen-bond donors (Lipinski definition) is 0. The van der Waals surface area contributed by atoms with Crippen molar-refractivity contribution in [3.05, 3.63) is 58.3 Å². The van der Waals surface area contributed by atoms with Crippen LogP contribution < -0.4 is 4.74 Å². The van der Waals surface area contributed by atoms with Gasteiger partial charge in [-0.1, -0.05) is 30.3 Å². The highest BCUT2D eigenvalue weighted by molar-refractivity contribution is 9.10. The molecule has 0 fully saturated rings. The Kier molecular flexibility index (Phi) is 6.41. The Balaban J connectivity index is 1.65. The number of aromatic nitrogens is 1. The maximum atomic E-state index is 10.6. The molecule has 0 saturated carbocycles. The number of ether oxygens (including phenoxy) is 1. The smallest absolute Gasteiger partial charge is 0.168 e. The number of carbonyl (C=O) groups excluding carboxylic acids is 1. The van der Waals surface area contributed by atoms with Crippen LogP contribution in [0.2, 0.25) is 0 Å². The summed E-state index contributed by atoms with van der Waals surface area (Å²) in [5, 5.41) is 0. The van der Waals surface area contributed by atoms with Gasteiger partial charge in [0, 0.05) is 0 Å². The van der Waals surface area contributed by atoms with Crippen LogP contribution in [0.1, 0.15) is 35.3 Å². The van der Waals surface area contributed by atoms with E-state index in [0.717, 1.165) is 32.0 Å². The number of pyridine rings is 1. The lowest BCUT2D eigenvalue weighted by atomic mass is 10.1. The molecule has 21 heavy (non-hydrogen) atoms. The Morgan fingerprint density at radius 1 is 1.05 bits per heavy atom. The third-order valence-electron chi connectivity index (χ3n) is 3.17. The van der Waals surface area contributed by atoms with Crippen LogP contribution >= 0.6 is 15.9 Å². The number of nitrogens with zero attached hydrogens (tertiary/aromatic N) is 1. The van der Waals surface area contributed by atoms with E-state index in [4.69, 9.17) is 4.74 Å². The zero-order valence-electron chi connectivity index (χ0n) is 11.8. The molecule has 0 saturated heterocycles. The van der Waals surface area contributed by atoms with Crippen molar-refractivity contribution in [3.8, 4) is 5.75 Å². The minimum Gasteiger partial charge on any atom is -0.491 e. The number of benzene rings is 1. The Morgan fingerprint density at radius 3 is 2.57 bits per heavy atom. The standard InChI is InChI=1S/C17H18BrNO2/c18-17-16(11-10-15(13-20)19-17)21-12-6-2-5-9-14-7-3-1-4-8-14/h1,3-4,7-8,10-11,13H,2,5-6,9,12H2. The van der Waals surface area contributed by atoms with E-state index in [-0.39, 0.29) is 0 Å². The molecule has 2 aromatic rings. The number of hydrogen-bond acceptors (Lipinski definition) is 3. The van der Waals surface area contributed by atoms with Gasteiger partial charge >= 0.3 is 0 Å². The third-order valence-corrected chi connectivity index (χ3v) is 3.74. The first-order valence-corrected chi connectivity index (χ1v) is 7.87. The van der Waals surface area contributed by atoms with Gasteiger partial charge in [0.05, 0.1) is 6.61 Å². The van der Waals surface area contributed by atoms with E-state index in [0.29, 0.717) is 22.7 Å². The molecule has 0 radical (unpaired) electrons. The second-order valence-electron chi connectivity index (χ2n) is 4.79. The maximum absolute atomic E-state index is 10.6. The summed E-state index contributed by atoms with van der Waals surface area (Å²) in [6.45, 7) is 0.662. The van der Waals surface area contributed by atoms with Gasteiger partial charge in [0.25, 0.3) is 0 Å². The van der Waals surface area contributed by atoms with E-state index in [9.17, 15) is 4.79 Å². The molecule has 0 N–H and O–H groups in total. The van der Waals surface area contributed by atoms with Crippen LogP contribution in [0.4, 0.5) is 0 Å². The van der Waals surface area contributed by atoms with E-state index in [1.165, 1.54) is 5.56 Å². The van der Waals surface area contributed by atoms with Crippen LogP contribution in [0.3, 0.4) is 0 Å². The molecular weight excluding hydrogens is 330 g/mol. The number of halogens is 1. The van der Waals surface area contributed by atoms with Crippen molar-refractivity contribution in [2.45, 2.75) is 25.7 Å². The fourth-order valence-electron chi connectivity index (χ4n) is 2.04. The van der Waals surface area contributed by atoms with Crippen LogP contribution in [-0.4, -0.2) is 17.9 Å². The molecule has 110 valence electrons. The summed E-state index contributed by atoms with van der Waals surface area (Å²) in [5.74, 6) is 0.684. The summed E-state index contributed by atoms with van der Waals surface area (Å²) >= 11 is 3.31. The topological polar surface area (TPSA) is 39.2 Å². The lowest BCUT2D eigenvalue weighted by Crippen LogP contribution is -2.00. The molecule has 0 aliphatic carbocycles. The second-order valence-corrected chi connectivity index (χ2v) is 5.54. The molecule has 2 rings (SSSR count). The Morgan fingerprint density at radius 2 is 1.86 bits per heavy atom. The molecule has 0 atom stereocenters. The third kappa shape index (κ3) is 5.31. The summed E-state index contributed by atoms with van der Waals surface area (Å²) in [4.78, 5) is 14.7. The van der Waals surface area contributed by atoms with Crippen LogP contribution in [0, 0.1) is 0 Å². The summed E-state index contributed by atoms with van der Waals surface area (Å²) in [7, 11) is 0. The van der Waals surface area contributed by atoms with Crippen molar-refractivity contribution < 1.29 is 9.53 Å². The molecule has 1 heterocycles. The lowest BCUT2D eigenvalue weighted by molar-refractivity contribution is 0.111. The second kappa shape index (κ2) is 8.57. The molecule has 1 aromatic heterocycles. The summed E-state index contributed by atoms with van der Waals surface area (Å²) in [5.41, 5.74) is 1.78. The van der Waals surface area contributed by atoms with Gasteiger partial charge in [-0.05, 0) is 59.3 Å². The minimum atomic E-state index is 0.400. The molecule has 0 amide bonds. The van der Waals surface area contributed by atoms with Crippen LogP contribution in [0.25, 0.3) is 0 Å². The van der Waals surface area contributed by atoms with Crippen molar-refractivity contribution in [1.29, 1.82) is 0 Å². The SMILES string of the molecule is O=Cc1ccc(OCCCCCc2ccccc2)c(Br)n1. The Bertz CT molecular complexity index is 572. The maximum Gasteiger partial charge on any atom is 0.168 e. The van der Waals surface area contributed by atoms with E-state index >= 15 is 0 Å². The summed E-state index contributed by atoms with van der Waals surface area (Å²) in [6.07, 6.45) is 5.14. The van der Waals surface area contributed by atoms with Crippen molar-refractivity contribution in [1.82, 2.24) is 4.98 Å². The molecule has 0 aliphatic heterocycles. The van der Waals surface area contributed by atoms with Gasteiger partial charge < -0.3 is 4.74 Å². The molecule has 0 spiro atoms. The fourth-order valence-corrected chi connectivity index (χ4v) is 2.49. The first kappa shape index (κ1) is 15.7. The number of aryl methyl sites for hydroxylation is 1. The quantitative estimate of drug-likeness (QED) is 0.402. The van der Waals surface area contributed by atoms with Gasteiger partial charge in [-0.2, -0.15) is 0 Å². The van der Waals surface area contributed by atoms with Gasteiger partial charge in [0.2, 0.25) is 0 Å². The highest BCUT2D eigenvalue weighted by Gasteiger charge is 2.03. The lowest BCUT2D eigenvalue weighted by Gasteiger charge is -2.07. The van der Waals surface area contributed by atoms with Crippen molar-refractivity contribution in [3.63, 3.8) is 0 Å². The van der Waals surface area contributed by atoms with Gasteiger partial charge in [0.15, 0.2) is 12.0 Å². The summed E-state index contributed by atoms with van der Waals surface area (Å²) in [6, 6.07) is 13.9. The highest BCUT2D eigenvalue weighted by Crippen LogP contribution is 2.22. The van der Waals surface area contributed by atoms with E-state index in [1.54, 1.807) is 12.1 Å². The predicted octanol–water partition coefficient (Wildman–Crippen LogP) is 4.45. The largest absolute Gasteiger partial charge is 0.491 e. The number of rotatable bonds is 8. The molecule has 0 aliphatic rings. The minimum absolute atomic E-state index is 0.400. The number of carbonyl (C=O) groups is 1. The Hall–Kier alpha value is -1.68. The number of aldehydes is 1. The van der Waals surface area contributed by atoms with Crippen molar-refractivity contribution in [2.75, 3.05) is 6.61 Å². The van der Waals surface area contributed by atoms with Crippen molar-refractivity contribution in [2.24, 2.45) is 0 Å². The average molecular weight is 348 g/mol. The monoisotopic (exact) mass is 347 g/mol. The fraction of sp³-hybridized carbons (Fsp3) is 0.294. The predicted molar refractivity (Wildman–Crippen MR) is 86.8 cm³/mol. The van der Waals surface area contributed by atoms with Crippen LogP contribution in [0.15, 0.2) is 47.1 Å². The molecule has 0 bridgehead atoms.